The van der Waals surface area contributed by atoms with Crippen LogP contribution in [0.3, 0.4) is 0 Å². The van der Waals surface area contributed by atoms with E-state index in [1.165, 1.54) is 22.7 Å². The van der Waals surface area contributed by atoms with Gasteiger partial charge < -0.3 is 10.6 Å². The summed E-state index contributed by atoms with van der Waals surface area (Å²) >= 11 is 0.511. The number of nitrogens with one attached hydrogen (secondary N) is 2. The fourth-order valence-electron chi connectivity index (χ4n) is 3.13. The minimum absolute atomic E-state index is 0.107. The molecule has 14 heteroatoms. The van der Waals surface area contributed by atoms with Crippen LogP contribution >= 0.6 is 22.7 Å². The summed E-state index contributed by atoms with van der Waals surface area (Å²) in [5.41, 5.74) is 1.81. The first kappa shape index (κ1) is 27.6. The highest BCUT2D eigenvalue weighted by molar-refractivity contribution is 7.75. The number of benzene rings is 2. The average Bonchev–Trinajstić information content (AvgIpc) is 3.54. The zero-order valence-corrected chi connectivity index (χ0v) is 22.5. The molecule has 38 heavy (non-hydrogen) atoms. The van der Waals surface area contributed by atoms with Crippen LogP contribution in [-0.2, 0) is 55.0 Å². The van der Waals surface area contributed by atoms with Crippen molar-refractivity contribution < 1.29 is 22.2 Å². The highest BCUT2D eigenvalue weighted by atomic mass is 32.2. The largest absolute Gasteiger partial charge is 0.304 e. The van der Waals surface area contributed by atoms with Crippen molar-refractivity contribution in [1.82, 2.24) is 20.4 Å². The Labute approximate surface area is 229 Å². The zero-order valence-electron chi connectivity index (χ0n) is 20.1. The Morgan fingerprint density at radius 1 is 0.684 bits per heavy atom. The van der Waals surface area contributed by atoms with Crippen LogP contribution < -0.4 is 10.6 Å². The molecule has 2 amide bonds. The fraction of sp³-hybridized carbons (Fsp3) is 0.250. The Kier molecular flexibility index (Phi) is 10.5. The third-order valence-electron chi connectivity index (χ3n) is 4.83. The fourth-order valence-corrected chi connectivity index (χ4v) is 5.11. The lowest BCUT2D eigenvalue weighted by molar-refractivity contribution is -0.116. The molecule has 0 atom stereocenters. The van der Waals surface area contributed by atoms with E-state index in [2.05, 4.69) is 31.0 Å². The predicted octanol–water partition coefficient (Wildman–Crippen LogP) is 3.15. The number of hydrogen-bond acceptors (Lipinski definition) is 11. The summed E-state index contributed by atoms with van der Waals surface area (Å²) in [6.07, 6.45) is 1.22. The van der Waals surface area contributed by atoms with E-state index in [1.807, 2.05) is 60.7 Å². The number of hydrogen-bond donors (Lipinski definition) is 2. The summed E-state index contributed by atoms with van der Waals surface area (Å²) in [6, 6.07) is 18.8. The number of carbonyl (C=O) groups excluding carboxylic acids is 2. The molecule has 0 saturated heterocycles. The first-order valence-corrected chi connectivity index (χ1v) is 14.2. The van der Waals surface area contributed by atoms with E-state index in [9.17, 15) is 13.8 Å². The maximum Gasteiger partial charge on any atom is 0.304 e. The molecule has 11 nitrogen and oxygen atoms in total. The van der Waals surface area contributed by atoms with Crippen LogP contribution in [0.5, 0.6) is 0 Å². The third kappa shape index (κ3) is 9.46. The lowest BCUT2D eigenvalue weighted by atomic mass is 10.1. The van der Waals surface area contributed by atoms with Gasteiger partial charge in [-0.1, -0.05) is 83.3 Å². The van der Waals surface area contributed by atoms with E-state index in [-0.39, 0.29) is 37.9 Å². The van der Waals surface area contributed by atoms with Gasteiger partial charge in [0.25, 0.3) is 0 Å². The van der Waals surface area contributed by atoms with Crippen molar-refractivity contribution in [3.63, 3.8) is 0 Å². The number of anilines is 2. The second-order valence-electron chi connectivity index (χ2n) is 7.77. The minimum atomic E-state index is -1.94. The minimum Gasteiger partial charge on any atom is -0.300 e. The Morgan fingerprint density at radius 3 is 1.53 bits per heavy atom. The Hall–Kier alpha value is -3.43. The van der Waals surface area contributed by atoms with Crippen LogP contribution in [0.1, 0.15) is 21.1 Å². The van der Waals surface area contributed by atoms with Gasteiger partial charge in [-0.2, -0.15) is 4.21 Å². The molecule has 198 valence electrons. The normalized spacial score (nSPS) is 11.0. The van der Waals surface area contributed by atoms with E-state index in [0.29, 0.717) is 33.1 Å². The molecule has 4 aromatic rings. The van der Waals surface area contributed by atoms with E-state index < -0.39 is 11.4 Å². The molecule has 2 heterocycles. The SMILES string of the molecule is O=C(Cc1ccccc1)Nc1nnc(CCOS(=O)OCCc2nnc(NC(=O)Cc3ccccc3)s2)s1. The summed E-state index contributed by atoms with van der Waals surface area (Å²) in [6.45, 7) is 0.214. The van der Waals surface area contributed by atoms with Gasteiger partial charge in [0.1, 0.15) is 10.0 Å². The van der Waals surface area contributed by atoms with Gasteiger partial charge >= 0.3 is 11.4 Å². The molecule has 2 aromatic carbocycles. The quantitative estimate of drug-likeness (QED) is 0.233. The van der Waals surface area contributed by atoms with Crippen LogP contribution in [0.25, 0.3) is 0 Å². The van der Waals surface area contributed by atoms with E-state index in [1.54, 1.807) is 0 Å². The number of aromatic nitrogens is 4. The number of carbonyl (C=O) groups is 2. The van der Waals surface area contributed by atoms with Crippen molar-refractivity contribution in [2.75, 3.05) is 23.8 Å². The van der Waals surface area contributed by atoms with Crippen molar-refractivity contribution in [3.05, 3.63) is 81.8 Å². The molecular formula is C24H24N6O5S3. The average molecular weight is 573 g/mol. The molecule has 0 spiro atoms. The highest BCUT2D eigenvalue weighted by Crippen LogP contribution is 2.18. The summed E-state index contributed by atoms with van der Waals surface area (Å²) in [5, 5.41) is 23.4. The van der Waals surface area contributed by atoms with Crippen molar-refractivity contribution in [3.8, 4) is 0 Å². The van der Waals surface area contributed by atoms with Crippen molar-refractivity contribution in [2.45, 2.75) is 25.7 Å². The van der Waals surface area contributed by atoms with Gasteiger partial charge in [-0.05, 0) is 11.1 Å². The maximum absolute atomic E-state index is 12.1. The second kappa shape index (κ2) is 14.5. The molecule has 4 rings (SSSR count). The van der Waals surface area contributed by atoms with Crippen molar-refractivity contribution in [2.24, 2.45) is 0 Å². The molecule has 0 aliphatic rings. The van der Waals surface area contributed by atoms with Gasteiger partial charge in [-0.15, -0.1) is 20.4 Å². The van der Waals surface area contributed by atoms with Gasteiger partial charge in [-0.3, -0.25) is 18.0 Å². The summed E-state index contributed by atoms with van der Waals surface area (Å²) in [5.74, 6) is -0.358. The Balaban J connectivity index is 1.09. The molecule has 0 saturated carbocycles. The van der Waals surface area contributed by atoms with E-state index in [0.717, 1.165) is 11.1 Å². The lowest BCUT2D eigenvalue weighted by Gasteiger charge is -2.02. The summed E-state index contributed by atoms with van der Waals surface area (Å²) in [4.78, 5) is 24.3. The van der Waals surface area contributed by atoms with Crippen LogP contribution in [0.15, 0.2) is 60.7 Å². The molecule has 0 aliphatic carbocycles. The van der Waals surface area contributed by atoms with Gasteiger partial charge in [-0.25, -0.2) is 0 Å². The predicted molar refractivity (Wildman–Crippen MR) is 145 cm³/mol. The van der Waals surface area contributed by atoms with E-state index in [4.69, 9.17) is 8.37 Å². The van der Waals surface area contributed by atoms with Gasteiger partial charge in [0.2, 0.25) is 22.1 Å². The van der Waals surface area contributed by atoms with Crippen molar-refractivity contribution >= 4 is 56.1 Å². The van der Waals surface area contributed by atoms with Crippen molar-refractivity contribution in [1.29, 1.82) is 0 Å². The Morgan fingerprint density at radius 2 is 1.11 bits per heavy atom. The molecular weight excluding hydrogens is 549 g/mol. The molecule has 2 N–H and O–H groups in total. The number of amides is 2. The lowest BCUT2D eigenvalue weighted by Crippen LogP contribution is -2.14. The molecule has 0 aliphatic heterocycles. The monoisotopic (exact) mass is 572 g/mol. The summed E-state index contributed by atoms with van der Waals surface area (Å²) in [7, 11) is 0. The summed E-state index contributed by atoms with van der Waals surface area (Å²) < 4.78 is 22.3. The number of rotatable bonds is 14. The second-order valence-corrected chi connectivity index (χ2v) is 10.8. The van der Waals surface area contributed by atoms with Gasteiger partial charge in [0.15, 0.2) is 0 Å². The van der Waals surface area contributed by atoms with Crippen LogP contribution in [0.4, 0.5) is 10.3 Å². The standard InChI is InChI=1S/C24H24N6O5S3/c31-19(15-17-7-3-1-4-8-17)25-23-29-27-21(36-23)11-13-34-38(33)35-14-12-22-28-30-24(37-22)26-20(32)16-18-9-5-2-6-10-18/h1-10H,11-16H2,(H,25,29,31)(H,26,30,32). The smallest absolute Gasteiger partial charge is 0.300 e. The highest BCUT2D eigenvalue weighted by Gasteiger charge is 2.12. The van der Waals surface area contributed by atoms with Gasteiger partial charge in [0, 0.05) is 12.8 Å². The first-order valence-electron chi connectivity index (χ1n) is 11.5. The molecule has 0 unspecified atom stereocenters. The van der Waals surface area contributed by atoms with Crippen LogP contribution in [0.2, 0.25) is 0 Å². The zero-order chi connectivity index (χ0) is 26.6. The topological polar surface area (TPSA) is 145 Å². The maximum atomic E-state index is 12.1. The first-order chi connectivity index (χ1) is 18.5. The number of nitrogens with zero attached hydrogens (tertiary/aromatic N) is 4. The molecule has 0 radical (unpaired) electrons. The van der Waals surface area contributed by atoms with Crippen LogP contribution in [0, 0.1) is 0 Å². The third-order valence-corrected chi connectivity index (χ3v) is 7.35. The Bertz CT molecular complexity index is 1250. The molecule has 0 fully saturated rings. The molecule has 0 bridgehead atoms. The van der Waals surface area contributed by atoms with Gasteiger partial charge in [0.05, 0.1) is 26.1 Å². The molecule has 2 aromatic heterocycles. The van der Waals surface area contributed by atoms with E-state index >= 15 is 0 Å². The van der Waals surface area contributed by atoms with Crippen LogP contribution in [-0.4, -0.2) is 49.6 Å².